The monoisotopic (exact) mass is 453 g/mol. The lowest BCUT2D eigenvalue weighted by molar-refractivity contribution is -0.223. The van der Waals surface area contributed by atoms with Crippen LogP contribution in [0.1, 0.15) is 41.9 Å². The number of nitrogens with one attached hydrogen (secondary N) is 1. The molecule has 5 nitrogen and oxygen atoms in total. The van der Waals surface area contributed by atoms with Crippen LogP contribution < -0.4 is 5.32 Å². The number of hydrogen-bond donors (Lipinski definition) is 2. The fraction of sp³-hybridized carbons (Fsp3) is 0.310. The van der Waals surface area contributed by atoms with Gasteiger partial charge in [0.15, 0.2) is 0 Å². The van der Waals surface area contributed by atoms with Crippen molar-refractivity contribution in [3.63, 3.8) is 0 Å². The number of carbonyl (C=O) groups is 2. The zero-order valence-corrected chi connectivity index (χ0v) is 18.9. The van der Waals surface area contributed by atoms with Gasteiger partial charge in [-0.3, -0.25) is 0 Å². The van der Waals surface area contributed by atoms with Gasteiger partial charge in [0, 0.05) is 11.3 Å². The number of aliphatic carboxylic acids is 1. The Bertz CT molecular complexity index is 1200. The van der Waals surface area contributed by atoms with Crippen molar-refractivity contribution in [3.05, 3.63) is 95.6 Å². The van der Waals surface area contributed by atoms with E-state index < -0.39 is 18.1 Å². The maximum atomic E-state index is 12.7. The molecule has 1 unspecified atom stereocenters. The number of alkyl carbamates (subject to hydrolysis) is 1. The van der Waals surface area contributed by atoms with Crippen molar-refractivity contribution in [2.75, 3.05) is 6.61 Å². The van der Waals surface area contributed by atoms with Crippen LogP contribution in [-0.2, 0) is 16.0 Å². The molecule has 3 aromatic rings. The van der Waals surface area contributed by atoms with Gasteiger partial charge in [0.1, 0.15) is 12.6 Å². The largest absolute Gasteiger partial charge is 0.480 e. The third-order valence-corrected chi connectivity index (χ3v) is 8.07. The van der Waals surface area contributed by atoms with Crippen LogP contribution in [0, 0.1) is 10.8 Å². The Morgan fingerprint density at radius 1 is 0.882 bits per heavy atom. The molecule has 3 fully saturated rings. The van der Waals surface area contributed by atoms with Gasteiger partial charge in [-0.1, -0.05) is 78.9 Å². The van der Waals surface area contributed by atoms with Crippen LogP contribution in [-0.4, -0.2) is 29.8 Å². The molecule has 3 saturated carbocycles. The first-order valence-electron chi connectivity index (χ1n) is 11.9. The highest BCUT2D eigenvalue weighted by molar-refractivity contribution is 5.82. The van der Waals surface area contributed by atoms with E-state index in [0.29, 0.717) is 0 Å². The summed E-state index contributed by atoms with van der Waals surface area (Å²) in [5.41, 5.74) is 5.69. The molecule has 34 heavy (non-hydrogen) atoms. The molecule has 5 heteroatoms. The highest BCUT2D eigenvalue weighted by Gasteiger charge is 2.71. The lowest BCUT2D eigenvalue weighted by Crippen LogP contribution is -2.72. The van der Waals surface area contributed by atoms with Crippen LogP contribution in [0.2, 0.25) is 0 Å². The third-order valence-electron chi connectivity index (χ3n) is 8.07. The Morgan fingerprint density at radius 2 is 1.44 bits per heavy atom. The van der Waals surface area contributed by atoms with Gasteiger partial charge in [0.2, 0.25) is 0 Å². The van der Waals surface area contributed by atoms with E-state index in [1.165, 1.54) is 5.56 Å². The predicted octanol–water partition coefficient (Wildman–Crippen LogP) is 5.39. The Morgan fingerprint density at radius 3 is 2.03 bits per heavy atom. The number of hydrogen-bond acceptors (Lipinski definition) is 3. The molecule has 0 heterocycles. The fourth-order valence-corrected chi connectivity index (χ4v) is 6.84. The number of rotatable bonds is 7. The van der Waals surface area contributed by atoms with Crippen LogP contribution in [0.25, 0.3) is 11.1 Å². The van der Waals surface area contributed by atoms with E-state index in [4.69, 9.17) is 4.74 Å². The summed E-state index contributed by atoms with van der Waals surface area (Å²) in [6, 6.07) is 25.7. The van der Waals surface area contributed by atoms with E-state index in [1.54, 1.807) is 0 Å². The summed E-state index contributed by atoms with van der Waals surface area (Å²) in [4.78, 5) is 24.8. The minimum absolute atomic E-state index is 0.0504. The quantitative estimate of drug-likeness (QED) is 0.503. The Hall–Kier alpha value is -3.60. The number of ether oxygens (including phenoxy) is 1. The SMILES string of the molecule is O=C(NC(C(=O)O)C12CC(Cc3ccccc3)(C1)C2)OCC1c2ccccc2-c2ccccc21. The highest BCUT2D eigenvalue weighted by atomic mass is 16.5. The maximum Gasteiger partial charge on any atom is 0.407 e. The highest BCUT2D eigenvalue weighted by Crippen LogP contribution is 2.75. The van der Waals surface area contributed by atoms with Crippen LogP contribution in [0.5, 0.6) is 0 Å². The summed E-state index contributed by atoms with van der Waals surface area (Å²) in [6.45, 7) is 0.178. The fourth-order valence-electron chi connectivity index (χ4n) is 6.84. The molecule has 7 rings (SSSR count). The summed E-state index contributed by atoms with van der Waals surface area (Å²) in [6.07, 6.45) is 2.80. The summed E-state index contributed by atoms with van der Waals surface area (Å²) in [5.74, 6) is -1.04. The zero-order chi connectivity index (χ0) is 23.3. The summed E-state index contributed by atoms with van der Waals surface area (Å²) in [5, 5.41) is 12.6. The topological polar surface area (TPSA) is 75.6 Å². The number of fused-ring (bicyclic) bond motifs is 3. The second-order valence-corrected chi connectivity index (χ2v) is 10.3. The molecule has 4 aliphatic rings. The molecule has 0 saturated heterocycles. The summed E-state index contributed by atoms with van der Waals surface area (Å²) < 4.78 is 5.61. The van der Waals surface area contributed by atoms with Gasteiger partial charge in [0.05, 0.1) is 0 Å². The van der Waals surface area contributed by atoms with Crippen LogP contribution in [0.15, 0.2) is 78.9 Å². The molecule has 1 amide bonds. The Balaban J connectivity index is 1.10. The standard InChI is InChI=1S/C29H27NO4/c31-26(32)25(29-16-28(17-29,18-29)14-19-8-2-1-3-9-19)30-27(33)34-15-24-22-12-6-4-10-20(22)21-11-5-7-13-23(21)24/h1-13,24-25H,14-18H2,(H,30,33)(H,31,32). The molecule has 2 N–H and O–H groups in total. The van der Waals surface area contributed by atoms with Gasteiger partial charge in [-0.25, -0.2) is 9.59 Å². The maximum absolute atomic E-state index is 12.7. The second-order valence-electron chi connectivity index (χ2n) is 10.3. The molecule has 2 bridgehead atoms. The molecule has 1 atom stereocenters. The van der Waals surface area contributed by atoms with Crippen molar-refractivity contribution in [1.82, 2.24) is 5.32 Å². The molecule has 0 aromatic heterocycles. The van der Waals surface area contributed by atoms with E-state index in [1.807, 2.05) is 42.5 Å². The van der Waals surface area contributed by atoms with Gasteiger partial charge in [-0.2, -0.15) is 0 Å². The molecule has 0 radical (unpaired) electrons. The molecule has 0 aliphatic heterocycles. The van der Waals surface area contributed by atoms with Gasteiger partial charge in [-0.05, 0) is 58.9 Å². The van der Waals surface area contributed by atoms with Crippen molar-refractivity contribution in [3.8, 4) is 11.1 Å². The van der Waals surface area contributed by atoms with Crippen molar-refractivity contribution in [1.29, 1.82) is 0 Å². The van der Waals surface area contributed by atoms with Gasteiger partial charge >= 0.3 is 12.1 Å². The minimum Gasteiger partial charge on any atom is -0.480 e. The molecule has 3 aromatic carbocycles. The number of carboxylic acid groups (broad SMARTS) is 1. The van der Waals surface area contributed by atoms with Crippen LogP contribution in [0.4, 0.5) is 4.79 Å². The van der Waals surface area contributed by atoms with Crippen LogP contribution >= 0.6 is 0 Å². The molecule has 172 valence electrons. The Kier molecular flexibility index (Phi) is 4.76. The summed E-state index contributed by atoms with van der Waals surface area (Å²) in [7, 11) is 0. The van der Waals surface area contributed by atoms with E-state index >= 15 is 0 Å². The Labute approximate surface area is 198 Å². The van der Waals surface area contributed by atoms with Crippen molar-refractivity contribution in [2.24, 2.45) is 10.8 Å². The van der Waals surface area contributed by atoms with Gasteiger partial charge in [-0.15, -0.1) is 0 Å². The first-order valence-corrected chi connectivity index (χ1v) is 11.9. The molecular formula is C29H27NO4. The molecular weight excluding hydrogens is 426 g/mol. The minimum atomic E-state index is -0.985. The van der Waals surface area contributed by atoms with Crippen molar-refractivity contribution >= 4 is 12.1 Å². The van der Waals surface area contributed by atoms with Gasteiger partial charge < -0.3 is 15.2 Å². The van der Waals surface area contributed by atoms with E-state index in [2.05, 4.69) is 41.7 Å². The predicted molar refractivity (Wildman–Crippen MR) is 128 cm³/mol. The van der Waals surface area contributed by atoms with E-state index in [0.717, 1.165) is 47.9 Å². The lowest BCUT2D eigenvalue weighted by Gasteiger charge is -2.72. The first-order chi connectivity index (χ1) is 16.5. The number of carbonyl (C=O) groups excluding carboxylic acids is 1. The smallest absolute Gasteiger partial charge is 0.407 e. The number of benzene rings is 3. The number of amides is 1. The van der Waals surface area contributed by atoms with E-state index in [9.17, 15) is 14.7 Å². The average Bonchev–Trinajstić information content (AvgIpc) is 3.12. The average molecular weight is 454 g/mol. The molecule has 4 aliphatic carbocycles. The van der Waals surface area contributed by atoms with Crippen LogP contribution in [0.3, 0.4) is 0 Å². The van der Waals surface area contributed by atoms with E-state index in [-0.39, 0.29) is 23.4 Å². The van der Waals surface area contributed by atoms with Crippen molar-refractivity contribution in [2.45, 2.75) is 37.6 Å². The molecule has 0 spiro atoms. The van der Waals surface area contributed by atoms with Gasteiger partial charge in [0.25, 0.3) is 0 Å². The lowest BCUT2D eigenvalue weighted by atomic mass is 9.32. The normalized spacial score (nSPS) is 24.7. The first kappa shape index (κ1) is 21.0. The third kappa shape index (κ3) is 3.30. The van der Waals surface area contributed by atoms with Crippen molar-refractivity contribution < 1.29 is 19.4 Å². The second kappa shape index (κ2) is 7.73. The summed E-state index contributed by atoms with van der Waals surface area (Å²) >= 11 is 0. The number of carboxylic acids is 1. The zero-order valence-electron chi connectivity index (χ0n) is 18.9.